The van der Waals surface area contributed by atoms with Gasteiger partial charge in [0.05, 0.1) is 10.6 Å². The standard InChI is InChI=1S/C16H20N4O2S/c1-11-10-14(19(2)18-11)17-15(21)12-5-7-20(8-6-12)16(22)13-4-3-9-23-13/h3-4,9-10,12H,5-8H2,1-2H3,(H,17,21). The zero-order chi connectivity index (χ0) is 16.4. The van der Waals surface area contributed by atoms with Gasteiger partial charge in [0.25, 0.3) is 5.91 Å². The van der Waals surface area contributed by atoms with Crippen LogP contribution in [-0.2, 0) is 11.8 Å². The van der Waals surface area contributed by atoms with E-state index in [1.807, 2.05) is 42.5 Å². The van der Waals surface area contributed by atoms with Gasteiger partial charge in [-0.15, -0.1) is 11.3 Å². The van der Waals surface area contributed by atoms with E-state index >= 15 is 0 Å². The van der Waals surface area contributed by atoms with Crippen molar-refractivity contribution in [1.29, 1.82) is 0 Å². The molecule has 0 saturated carbocycles. The lowest BCUT2D eigenvalue weighted by Crippen LogP contribution is -2.41. The fraction of sp³-hybridized carbons (Fsp3) is 0.438. The molecule has 1 aliphatic heterocycles. The molecule has 1 fully saturated rings. The van der Waals surface area contributed by atoms with Gasteiger partial charge < -0.3 is 10.2 Å². The number of hydrogen-bond acceptors (Lipinski definition) is 4. The number of anilines is 1. The second-order valence-corrected chi connectivity index (χ2v) is 6.78. The zero-order valence-electron chi connectivity index (χ0n) is 13.3. The van der Waals surface area contributed by atoms with Gasteiger partial charge in [-0.3, -0.25) is 14.3 Å². The molecule has 3 rings (SSSR count). The molecule has 0 aliphatic carbocycles. The summed E-state index contributed by atoms with van der Waals surface area (Å²) in [6.45, 7) is 3.14. The van der Waals surface area contributed by atoms with Crippen molar-refractivity contribution in [2.45, 2.75) is 19.8 Å². The first-order valence-corrected chi connectivity index (χ1v) is 8.57. The lowest BCUT2D eigenvalue weighted by Gasteiger charge is -2.31. The summed E-state index contributed by atoms with van der Waals surface area (Å²) in [5.74, 6) is 0.736. The molecule has 2 aromatic rings. The van der Waals surface area contributed by atoms with Crippen molar-refractivity contribution in [2.24, 2.45) is 13.0 Å². The van der Waals surface area contributed by atoms with E-state index in [9.17, 15) is 9.59 Å². The van der Waals surface area contributed by atoms with E-state index in [4.69, 9.17) is 0 Å². The number of aryl methyl sites for hydroxylation is 2. The van der Waals surface area contributed by atoms with Gasteiger partial charge in [0.1, 0.15) is 5.82 Å². The van der Waals surface area contributed by atoms with Crippen molar-refractivity contribution in [1.82, 2.24) is 14.7 Å². The van der Waals surface area contributed by atoms with Crippen LogP contribution in [0.15, 0.2) is 23.6 Å². The molecule has 0 atom stereocenters. The van der Waals surface area contributed by atoms with Gasteiger partial charge in [0.15, 0.2) is 0 Å². The number of thiophene rings is 1. The number of carbonyl (C=O) groups excluding carboxylic acids is 2. The number of piperidine rings is 1. The van der Waals surface area contributed by atoms with Crippen LogP contribution in [0.4, 0.5) is 5.82 Å². The number of nitrogens with one attached hydrogen (secondary N) is 1. The third kappa shape index (κ3) is 3.44. The fourth-order valence-electron chi connectivity index (χ4n) is 2.86. The molecule has 23 heavy (non-hydrogen) atoms. The Morgan fingerprint density at radius 1 is 1.35 bits per heavy atom. The molecular formula is C16H20N4O2S. The lowest BCUT2D eigenvalue weighted by atomic mass is 9.96. The Labute approximate surface area is 139 Å². The van der Waals surface area contributed by atoms with Crippen LogP contribution in [-0.4, -0.2) is 39.6 Å². The topological polar surface area (TPSA) is 67.2 Å². The highest BCUT2D eigenvalue weighted by Crippen LogP contribution is 2.22. The molecule has 2 aromatic heterocycles. The SMILES string of the molecule is Cc1cc(NC(=O)C2CCN(C(=O)c3cccs3)CC2)n(C)n1. The maximum Gasteiger partial charge on any atom is 0.263 e. The first-order chi connectivity index (χ1) is 11.0. The number of nitrogens with zero attached hydrogens (tertiary/aromatic N) is 3. The van der Waals surface area contributed by atoms with Crippen LogP contribution >= 0.6 is 11.3 Å². The van der Waals surface area contributed by atoms with Crippen molar-refractivity contribution in [3.05, 3.63) is 34.2 Å². The molecule has 1 N–H and O–H groups in total. The lowest BCUT2D eigenvalue weighted by molar-refractivity contribution is -0.121. The summed E-state index contributed by atoms with van der Waals surface area (Å²) in [4.78, 5) is 27.3. The van der Waals surface area contributed by atoms with E-state index in [-0.39, 0.29) is 17.7 Å². The Hall–Kier alpha value is -2.15. The first-order valence-electron chi connectivity index (χ1n) is 7.69. The van der Waals surface area contributed by atoms with E-state index in [0.717, 1.165) is 10.6 Å². The monoisotopic (exact) mass is 332 g/mol. The van der Waals surface area contributed by atoms with Crippen LogP contribution in [0.2, 0.25) is 0 Å². The summed E-state index contributed by atoms with van der Waals surface area (Å²) in [7, 11) is 1.81. The summed E-state index contributed by atoms with van der Waals surface area (Å²) in [5, 5.41) is 9.06. The number of hydrogen-bond donors (Lipinski definition) is 1. The van der Waals surface area contributed by atoms with Crippen LogP contribution in [0.3, 0.4) is 0 Å². The van der Waals surface area contributed by atoms with E-state index in [2.05, 4.69) is 10.4 Å². The summed E-state index contributed by atoms with van der Waals surface area (Å²) in [6.07, 6.45) is 1.39. The predicted molar refractivity (Wildman–Crippen MR) is 89.5 cm³/mol. The highest BCUT2D eigenvalue weighted by atomic mass is 32.1. The van der Waals surface area contributed by atoms with Gasteiger partial charge in [0, 0.05) is 32.1 Å². The van der Waals surface area contributed by atoms with Crippen LogP contribution < -0.4 is 5.32 Å². The minimum absolute atomic E-state index is 0.0104. The second-order valence-electron chi connectivity index (χ2n) is 5.83. The molecule has 2 amide bonds. The van der Waals surface area contributed by atoms with Gasteiger partial charge in [0.2, 0.25) is 5.91 Å². The maximum absolute atomic E-state index is 12.4. The summed E-state index contributed by atoms with van der Waals surface area (Å²) < 4.78 is 1.67. The van der Waals surface area contributed by atoms with Crippen LogP contribution in [0.5, 0.6) is 0 Å². The van der Waals surface area contributed by atoms with Crippen molar-refractivity contribution in [3.63, 3.8) is 0 Å². The highest BCUT2D eigenvalue weighted by molar-refractivity contribution is 7.12. The Kier molecular flexibility index (Phi) is 4.47. The third-order valence-corrected chi connectivity index (χ3v) is 5.00. The van der Waals surface area contributed by atoms with Crippen molar-refractivity contribution in [3.8, 4) is 0 Å². The molecule has 122 valence electrons. The molecular weight excluding hydrogens is 312 g/mol. The van der Waals surface area contributed by atoms with E-state index < -0.39 is 0 Å². The van der Waals surface area contributed by atoms with Crippen LogP contribution in [0.25, 0.3) is 0 Å². The van der Waals surface area contributed by atoms with Crippen LogP contribution in [0.1, 0.15) is 28.2 Å². The van der Waals surface area contributed by atoms with Gasteiger partial charge in [-0.2, -0.15) is 5.10 Å². The number of carbonyl (C=O) groups is 2. The minimum atomic E-state index is -0.0578. The van der Waals surface area contributed by atoms with E-state index in [0.29, 0.717) is 31.7 Å². The predicted octanol–water partition coefficient (Wildman–Crippen LogP) is 2.28. The Balaban J connectivity index is 1.55. The van der Waals surface area contributed by atoms with E-state index in [1.54, 1.807) is 4.68 Å². The molecule has 0 unspecified atom stereocenters. The smallest absolute Gasteiger partial charge is 0.263 e. The first kappa shape index (κ1) is 15.7. The molecule has 0 spiro atoms. The molecule has 7 heteroatoms. The largest absolute Gasteiger partial charge is 0.338 e. The second kappa shape index (κ2) is 6.54. The zero-order valence-corrected chi connectivity index (χ0v) is 14.1. The van der Waals surface area contributed by atoms with Crippen molar-refractivity contribution in [2.75, 3.05) is 18.4 Å². The normalized spacial score (nSPS) is 15.7. The molecule has 0 radical (unpaired) electrons. The number of aromatic nitrogens is 2. The average Bonchev–Trinajstić information content (AvgIpc) is 3.17. The summed E-state index contributed by atoms with van der Waals surface area (Å²) in [5.41, 5.74) is 0.874. The van der Waals surface area contributed by atoms with Crippen molar-refractivity contribution >= 4 is 29.0 Å². The molecule has 0 bridgehead atoms. The quantitative estimate of drug-likeness (QED) is 0.938. The van der Waals surface area contributed by atoms with Gasteiger partial charge >= 0.3 is 0 Å². The number of amides is 2. The minimum Gasteiger partial charge on any atom is -0.338 e. The average molecular weight is 332 g/mol. The molecule has 3 heterocycles. The summed E-state index contributed by atoms with van der Waals surface area (Å²) in [6, 6.07) is 5.58. The molecule has 1 saturated heterocycles. The molecule has 1 aliphatic rings. The molecule has 6 nitrogen and oxygen atoms in total. The number of rotatable bonds is 3. The number of likely N-dealkylation sites (tertiary alicyclic amines) is 1. The van der Waals surface area contributed by atoms with Gasteiger partial charge in [-0.25, -0.2) is 0 Å². The Bertz CT molecular complexity index is 700. The maximum atomic E-state index is 12.4. The fourth-order valence-corrected chi connectivity index (χ4v) is 3.55. The van der Waals surface area contributed by atoms with Crippen LogP contribution in [0, 0.1) is 12.8 Å². The van der Waals surface area contributed by atoms with Gasteiger partial charge in [-0.1, -0.05) is 6.07 Å². The van der Waals surface area contributed by atoms with Gasteiger partial charge in [-0.05, 0) is 31.2 Å². The Morgan fingerprint density at radius 3 is 2.65 bits per heavy atom. The Morgan fingerprint density at radius 2 is 2.09 bits per heavy atom. The van der Waals surface area contributed by atoms with E-state index in [1.165, 1.54) is 11.3 Å². The highest BCUT2D eigenvalue weighted by Gasteiger charge is 2.28. The third-order valence-electron chi connectivity index (χ3n) is 4.14. The molecule has 0 aromatic carbocycles. The summed E-state index contributed by atoms with van der Waals surface area (Å²) >= 11 is 1.46. The van der Waals surface area contributed by atoms with Crippen molar-refractivity contribution < 1.29 is 9.59 Å².